The number of benzene rings is 1. The highest BCUT2D eigenvalue weighted by molar-refractivity contribution is 5.92. The van der Waals surface area contributed by atoms with Crippen LogP contribution in [0.3, 0.4) is 0 Å². The summed E-state index contributed by atoms with van der Waals surface area (Å²) in [6.45, 7) is 8.18. The molecule has 0 spiro atoms. The van der Waals surface area contributed by atoms with Crippen LogP contribution >= 0.6 is 0 Å². The summed E-state index contributed by atoms with van der Waals surface area (Å²) < 4.78 is 11.1. The average molecular weight is 328 g/mol. The van der Waals surface area contributed by atoms with Gasteiger partial charge in [-0.1, -0.05) is 18.2 Å². The quantitative estimate of drug-likeness (QED) is 0.858. The number of amides is 1. The van der Waals surface area contributed by atoms with Crippen molar-refractivity contribution in [3.8, 4) is 0 Å². The Morgan fingerprint density at radius 1 is 1.29 bits per heavy atom. The van der Waals surface area contributed by atoms with E-state index in [1.165, 1.54) is 6.08 Å². The molecule has 1 amide bonds. The van der Waals surface area contributed by atoms with Gasteiger partial charge in [0, 0.05) is 36.6 Å². The standard InChI is InChI=1S/C19H24N2O3/c1-19(2,21-9-11-23-12-10-21)14-20-18(22)8-7-16-13-15-5-3-4-6-17(15)24-16/h3-8,13H,9-12,14H2,1-2H3,(H,20,22)/b8-7+. The van der Waals surface area contributed by atoms with Crippen molar-refractivity contribution in [1.82, 2.24) is 10.2 Å². The van der Waals surface area contributed by atoms with Crippen molar-refractivity contribution in [2.24, 2.45) is 0 Å². The van der Waals surface area contributed by atoms with Crippen LogP contribution < -0.4 is 5.32 Å². The Hall–Kier alpha value is -2.11. The number of hydrogen-bond donors (Lipinski definition) is 1. The van der Waals surface area contributed by atoms with Crippen molar-refractivity contribution in [2.45, 2.75) is 19.4 Å². The number of para-hydroxylation sites is 1. The van der Waals surface area contributed by atoms with E-state index in [0.717, 1.165) is 37.3 Å². The molecule has 0 saturated carbocycles. The number of morpholine rings is 1. The Kier molecular flexibility index (Phi) is 5.02. The lowest BCUT2D eigenvalue weighted by Gasteiger charge is -2.40. The molecule has 3 rings (SSSR count). The van der Waals surface area contributed by atoms with Crippen LogP contribution in [0.1, 0.15) is 19.6 Å². The molecule has 2 aromatic rings. The summed E-state index contributed by atoms with van der Waals surface area (Å²) in [7, 11) is 0. The van der Waals surface area contributed by atoms with Crippen molar-refractivity contribution in [3.63, 3.8) is 0 Å². The van der Waals surface area contributed by atoms with Crippen molar-refractivity contribution in [2.75, 3.05) is 32.8 Å². The molecule has 2 heterocycles. The molecule has 0 atom stereocenters. The number of nitrogens with zero attached hydrogens (tertiary/aromatic N) is 1. The molecule has 0 unspecified atom stereocenters. The van der Waals surface area contributed by atoms with E-state index in [0.29, 0.717) is 12.3 Å². The van der Waals surface area contributed by atoms with Gasteiger partial charge in [-0.05, 0) is 32.1 Å². The molecule has 0 aliphatic carbocycles. The van der Waals surface area contributed by atoms with E-state index >= 15 is 0 Å². The summed E-state index contributed by atoms with van der Waals surface area (Å²) >= 11 is 0. The van der Waals surface area contributed by atoms with Crippen molar-refractivity contribution in [3.05, 3.63) is 42.2 Å². The van der Waals surface area contributed by atoms with Crippen molar-refractivity contribution in [1.29, 1.82) is 0 Å². The van der Waals surface area contributed by atoms with Crippen LogP contribution in [-0.4, -0.2) is 49.2 Å². The highest BCUT2D eigenvalue weighted by atomic mass is 16.5. The number of fused-ring (bicyclic) bond motifs is 1. The van der Waals surface area contributed by atoms with Gasteiger partial charge in [0.2, 0.25) is 5.91 Å². The largest absolute Gasteiger partial charge is 0.457 e. The van der Waals surface area contributed by atoms with Gasteiger partial charge in [-0.25, -0.2) is 0 Å². The maximum atomic E-state index is 12.1. The van der Waals surface area contributed by atoms with E-state index in [2.05, 4.69) is 24.1 Å². The number of furan rings is 1. The lowest BCUT2D eigenvalue weighted by molar-refractivity contribution is -0.117. The lowest BCUT2D eigenvalue weighted by Crippen LogP contribution is -2.55. The summed E-state index contributed by atoms with van der Waals surface area (Å²) in [5.41, 5.74) is 0.734. The fraction of sp³-hybridized carbons (Fsp3) is 0.421. The number of ether oxygens (including phenoxy) is 1. The molecule has 0 bridgehead atoms. The third-order valence-electron chi connectivity index (χ3n) is 4.41. The molecule has 0 radical (unpaired) electrons. The third-order valence-corrected chi connectivity index (χ3v) is 4.41. The van der Waals surface area contributed by atoms with Gasteiger partial charge in [0.05, 0.1) is 13.2 Å². The fourth-order valence-corrected chi connectivity index (χ4v) is 2.89. The summed E-state index contributed by atoms with van der Waals surface area (Å²) in [6, 6.07) is 9.72. The van der Waals surface area contributed by atoms with E-state index in [9.17, 15) is 4.79 Å². The number of hydrogen-bond acceptors (Lipinski definition) is 4. The highest BCUT2D eigenvalue weighted by Gasteiger charge is 2.28. The minimum Gasteiger partial charge on any atom is -0.457 e. The van der Waals surface area contributed by atoms with Crippen LogP contribution in [0.2, 0.25) is 0 Å². The summed E-state index contributed by atoms with van der Waals surface area (Å²) in [4.78, 5) is 14.4. The Balaban J connectivity index is 1.54. The van der Waals surface area contributed by atoms with Gasteiger partial charge in [0.1, 0.15) is 11.3 Å². The first-order valence-electron chi connectivity index (χ1n) is 8.32. The van der Waals surface area contributed by atoms with Crippen LogP contribution in [0.4, 0.5) is 0 Å². The maximum absolute atomic E-state index is 12.1. The second kappa shape index (κ2) is 7.20. The van der Waals surface area contributed by atoms with Crippen molar-refractivity contribution < 1.29 is 13.9 Å². The normalized spacial score (nSPS) is 16.8. The minimum absolute atomic E-state index is 0.0906. The molecule has 128 valence electrons. The smallest absolute Gasteiger partial charge is 0.244 e. The Morgan fingerprint density at radius 3 is 2.79 bits per heavy atom. The average Bonchev–Trinajstić information content (AvgIpc) is 3.02. The molecule has 1 saturated heterocycles. The molecular formula is C19H24N2O3. The Bertz CT molecular complexity index is 694. The molecular weight excluding hydrogens is 304 g/mol. The van der Waals surface area contributed by atoms with Crippen LogP contribution in [0.5, 0.6) is 0 Å². The van der Waals surface area contributed by atoms with Crippen molar-refractivity contribution >= 4 is 23.0 Å². The predicted octanol–water partition coefficient (Wildman–Crippen LogP) is 2.67. The monoisotopic (exact) mass is 328 g/mol. The van der Waals surface area contributed by atoms with Gasteiger partial charge >= 0.3 is 0 Å². The van der Waals surface area contributed by atoms with Crippen LogP contribution in [-0.2, 0) is 9.53 Å². The van der Waals surface area contributed by atoms with Crippen LogP contribution in [0.25, 0.3) is 17.0 Å². The first-order chi connectivity index (χ1) is 11.5. The number of carbonyl (C=O) groups excluding carboxylic acids is 1. The van der Waals surface area contributed by atoms with Gasteiger partial charge in [0.15, 0.2) is 0 Å². The van der Waals surface area contributed by atoms with Gasteiger partial charge < -0.3 is 14.5 Å². The molecule has 5 nitrogen and oxygen atoms in total. The van der Waals surface area contributed by atoms with Crippen LogP contribution in [0.15, 0.2) is 40.8 Å². The van der Waals surface area contributed by atoms with Gasteiger partial charge in [-0.2, -0.15) is 0 Å². The second-order valence-corrected chi connectivity index (χ2v) is 6.65. The Labute approximate surface area is 142 Å². The molecule has 1 aromatic heterocycles. The SMILES string of the molecule is CC(C)(CNC(=O)/C=C/c1cc2ccccc2o1)N1CCOCC1. The first-order valence-corrected chi connectivity index (χ1v) is 8.32. The summed E-state index contributed by atoms with van der Waals surface area (Å²) in [6.07, 6.45) is 3.23. The zero-order chi connectivity index (χ0) is 17.0. The molecule has 1 fully saturated rings. The summed E-state index contributed by atoms with van der Waals surface area (Å²) in [5.74, 6) is 0.565. The topological polar surface area (TPSA) is 54.7 Å². The zero-order valence-corrected chi connectivity index (χ0v) is 14.2. The predicted molar refractivity (Wildman–Crippen MR) is 94.7 cm³/mol. The summed E-state index contributed by atoms with van der Waals surface area (Å²) in [5, 5.41) is 4.01. The fourth-order valence-electron chi connectivity index (χ4n) is 2.89. The Morgan fingerprint density at radius 2 is 2.04 bits per heavy atom. The minimum atomic E-state index is -0.114. The molecule has 1 N–H and O–H groups in total. The van der Waals surface area contributed by atoms with E-state index in [1.807, 2.05) is 30.3 Å². The van der Waals surface area contributed by atoms with Crippen LogP contribution in [0, 0.1) is 0 Å². The van der Waals surface area contributed by atoms with E-state index in [4.69, 9.17) is 9.15 Å². The zero-order valence-electron chi connectivity index (χ0n) is 14.2. The first kappa shape index (κ1) is 16.7. The van der Waals surface area contributed by atoms with E-state index < -0.39 is 0 Å². The highest BCUT2D eigenvalue weighted by Crippen LogP contribution is 2.19. The van der Waals surface area contributed by atoms with E-state index in [-0.39, 0.29) is 11.4 Å². The third kappa shape index (κ3) is 4.04. The second-order valence-electron chi connectivity index (χ2n) is 6.65. The van der Waals surface area contributed by atoms with Gasteiger partial charge in [-0.3, -0.25) is 9.69 Å². The number of nitrogens with one attached hydrogen (secondary N) is 1. The molecule has 1 aliphatic heterocycles. The number of carbonyl (C=O) groups is 1. The number of rotatable bonds is 5. The molecule has 24 heavy (non-hydrogen) atoms. The molecule has 1 aromatic carbocycles. The van der Waals surface area contributed by atoms with E-state index in [1.54, 1.807) is 6.08 Å². The van der Waals surface area contributed by atoms with Gasteiger partial charge in [-0.15, -0.1) is 0 Å². The molecule has 1 aliphatic rings. The maximum Gasteiger partial charge on any atom is 0.244 e. The molecule has 5 heteroatoms. The van der Waals surface area contributed by atoms with Gasteiger partial charge in [0.25, 0.3) is 0 Å². The lowest BCUT2D eigenvalue weighted by atomic mass is 10.0.